The normalized spacial score (nSPS) is 10.9. The quantitative estimate of drug-likeness (QED) is 0.312. The molecule has 0 atom stereocenters. The van der Waals surface area contributed by atoms with E-state index in [1.165, 1.54) is 16.4 Å². The van der Waals surface area contributed by atoms with Gasteiger partial charge in [0, 0.05) is 24.9 Å². The molecule has 0 aliphatic carbocycles. The molecule has 0 aliphatic rings. The van der Waals surface area contributed by atoms with Crippen molar-refractivity contribution in [3.63, 3.8) is 0 Å². The zero-order chi connectivity index (χ0) is 25.3. The van der Waals surface area contributed by atoms with Gasteiger partial charge in [0.25, 0.3) is 15.9 Å². The number of para-hydroxylation sites is 1. The van der Waals surface area contributed by atoms with Crippen molar-refractivity contribution in [2.45, 2.75) is 11.8 Å². The Morgan fingerprint density at radius 3 is 2.20 bits per heavy atom. The molecule has 3 rings (SSSR count). The molecule has 0 aliphatic heterocycles. The van der Waals surface area contributed by atoms with E-state index in [9.17, 15) is 13.2 Å². The number of nitrogens with one attached hydrogen (secondary N) is 2. The van der Waals surface area contributed by atoms with Crippen molar-refractivity contribution in [2.75, 3.05) is 36.5 Å². The van der Waals surface area contributed by atoms with Crippen LogP contribution in [0.2, 0.25) is 0 Å². The lowest BCUT2D eigenvalue weighted by Gasteiger charge is -2.23. The second kappa shape index (κ2) is 12.3. The number of benzene rings is 3. The van der Waals surface area contributed by atoms with Crippen molar-refractivity contribution in [3.8, 4) is 5.75 Å². The number of carbonyl (C=O) groups excluding carboxylic acids is 1. The maximum absolute atomic E-state index is 13.1. The summed E-state index contributed by atoms with van der Waals surface area (Å²) in [6.07, 6.45) is 0. The van der Waals surface area contributed by atoms with Crippen LogP contribution < -0.4 is 19.7 Å². The van der Waals surface area contributed by atoms with Gasteiger partial charge in [0.2, 0.25) is 0 Å². The highest BCUT2D eigenvalue weighted by molar-refractivity contribution is 7.92. The summed E-state index contributed by atoms with van der Waals surface area (Å²) in [4.78, 5) is 12.6. The Kier molecular flexibility index (Phi) is 9.18. The number of anilines is 2. The molecular formula is C25H27N3O5S2. The summed E-state index contributed by atoms with van der Waals surface area (Å²) in [5.41, 5.74) is 1.55. The molecule has 0 fully saturated rings. The van der Waals surface area contributed by atoms with Gasteiger partial charge in [-0.2, -0.15) is 0 Å². The molecule has 3 aromatic rings. The van der Waals surface area contributed by atoms with Gasteiger partial charge < -0.3 is 14.8 Å². The number of carbonyl (C=O) groups is 1. The van der Waals surface area contributed by atoms with Gasteiger partial charge in [0.1, 0.15) is 12.4 Å². The zero-order valence-corrected chi connectivity index (χ0v) is 21.1. The first-order valence-corrected chi connectivity index (χ1v) is 12.7. The van der Waals surface area contributed by atoms with Crippen LogP contribution >= 0.6 is 12.2 Å². The molecule has 35 heavy (non-hydrogen) atoms. The van der Waals surface area contributed by atoms with Crippen molar-refractivity contribution in [2.24, 2.45) is 0 Å². The smallest absolute Gasteiger partial charge is 0.264 e. The molecule has 0 radical (unpaired) electrons. The third-order valence-electron chi connectivity index (χ3n) is 4.93. The van der Waals surface area contributed by atoms with E-state index >= 15 is 0 Å². The van der Waals surface area contributed by atoms with E-state index in [1.54, 1.807) is 74.7 Å². The van der Waals surface area contributed by atoms with Crippen LogP contribution in [0, 0.1) is 0 Å². The van der Waals surface area contributed by atoms with Crippen LogP contribution in [0.4, 0.5) is 11.4 Å². The molecular weight excluding hydrogens is 486 g/mol. The van der Waals surface area contributed by atoms with Crippen molar-refractivity contribution in [1.29, 1.82) is 0 Å². The van der Waals surface area contributed by atoms with Gasteiger partial charge in [0.15, 0.2) is 5.11 Å². The first kappa shape index (κ1) is 26.1. The number of nitrogens with zero attached hydrogens (tertiary/aromatic N) is 1. The van der Waals surface area contributed by atoms with E-state index < -0.39 is 10.0 Å². The van der Waals surface area contributed by atoms with Crippen molar-refractivity contribution >= 4 is 44.6 Å². The lowest BCUT2D eigenvalue weighted by atomic mass is 10.2. The highest BCUT2D eigenvalue weighted by Crippen LogP contribution is 2.24. The van der Waals surface area contributed by atoms with Crippen LogP contribution in [-0.4, -0.2) is 46.3 Å². The Balaban J connectivity index is 1.60. The average molecular weight is 514 g/mol. The Hall–Kier alpha value is -3.47. The first-order valence-electron chi connectivity index (χ1n) is 10.9. The molecule has 8 nitrogen and oxygen atoms in total. The molecule has 3 aromatic carbocycles. The minimum atomic E-state index is -3.73. The number of rotatable bonds is 10. The van der Waals surface area contributed by atoms with Gasteiger partial charge in [-0.1, -0.05) is 18.2 Å². The first-order chi connectivity index (χ1) is 16.8. The maximum atomic E-state index is 13.1. The lowest BCUT2D eigenvalue weighted by molar-refractivity contribution is 0.0977. The van der Waals surface area contributed by atoms with E-state index in [0.29, 0.717) is 42.4 Å². The molecule has 0 saturated heterocycles. The summed E-state index contributed by atoms with van der Waals surface area (Å²) in [7, 11) is -2.14. The summed E-state index contributed by atoms with van der Waals surface area (Å²) in [6, 6.07) is 21.7. The topological polar surface area (TPSA) is 97.0 Å². The molecule has 0 heterocycles. The van der Waals surface area contributed by atoms with E-state index in [0.717, 1.165) is 0 Å². The summed E-state index contributed by atoms with van der Waals surface area (Å²) in [5.74, 6) is 0.245. The minimum Gasteiger partial charge on any atom is -0.491 e. The number of hydrogen-bond donors (Lipinski definition) is 2. The zero-order valence-electron chi connectivity index (χ0n) is 19.4. The molecule has 0 saturated carbocycles. The standard InChI is InChI=1S/C25H27N3O5S2/c1-3-28(21-7-5-4-6-8-21)35(30,31)23-15-11-20(12-16-23)26-25(34)27-24(29)19-9-13-22(14-10-19)33-18-17-32-2/h4-16H,3,17-18H2,1-2H3,(H2,26,27,29,34). The van der Waals surface area contributed by atoms with Crippen molar-refractivity contribution < 1.29 is 22.7 Å². The molecule has 184 valence electrons. The van der Waals surface area contributed by atoms with Gasteiger partial charge in [0.05, 0.1) is 17.2 Å². The average Bonchev–Trinajstić information content (AvgIpc) is 2.86. The second-order valence-electron chi connectivity index (χ2n) is 7.30. The van der Waals surface area contributed by atoms with Crippen LogP contribution in [0.5, 0.6) is 5.75 Å². The Morgan fingerprint density at radius 1 is 0.943 bits per heavy atom. The van der Waals surface area contributed by atoms with E-state index in [4.69, 9.17) is 21.7 Å². The van der Waals surface area contributed by atoms with Crippen LogP contribution in [0.15, 0.2) is 83.8 Å². The maximum Gasteiger partial charge on any atom is 0.264 e. The van der Waals surface area contributed by atoms with Crippen LogP contribution in [0.3, 0.4) is 0 Å². The number of amides is 1. The predicted octanol–water partition coefficient (Wildman–Crippen LogP) is 4.05. The monoisotopic (exact) mass is 513 g/mol. The summed E-state index contributed by atoms with van der Waals surface area (Å²) < 4.78 is 38.0. The van der Waals surface area contributed by atoms with Crippen LogP contribution in [0.1, 0.15) is 17.3 Å². The molecule has 0 bridgehead atoms. The van der Waals surface area contributed by atoms with Crippen LogP contribution in [0.25, 0.3) is 0 Å². The van der Waals surface area contributed by atoms with E-state index in [1.807, 2.05) is 6.07 Å². The van der Waals surface area contributed by atoms with Gasteiger partial charge in [-0.15, -0.1) is 0 Å². The third-order valence-corrected chi connectivity index (χ3v) is 7.05. The Bertz CT molecular complexity index is 1230. The Morgan fingerprint density at radius 2 is 1.60 bits per heavy atom. The molecule has 0 unspecified atom stereocenters. The fourth-order valence-electron chi connectivity index (χ4n) is 3.21. The number of methoxy groups -OCH3 is 1. The molecule has 10 heteroatoms. The van der Waals surface area contributed by atoms with Gasteiger partial charge >= 0.3 is 0 Å². The molecule has 0 spiro atoms. The molecule has 1 amide bonds. The summed E-state index contributed by atoms with van der Waals surface area (Å²) in [5, 5.41) is 5.59. The third kappa shape index (κ3) is 7.01. The second-order valence-corrected chi connectivity index (χ2v) is 9.57. The summed E-state index contributed by atoms with van der Waals surface area (Å²) in [6.45, 7) is 2.96. The number of thiocarbonyl (C=S) groups is 1. The van der Waals surface area contributed by atoms with Gasteiger partial charge in [-0.25, -0.2) is 8.42 Å². The fourth-order valence-corrected chi connectivity index (χ4v) is 4.89. The molecule has 2 N–H and O–H groups in total. The van der Waals surface area contributed by atoms with Gasteiger partial charge in [-0.3, -0.25) is 14.4 Å². The highest BCUT2D eigenvalue weighted by atomic mass is 32.2. The Labute approximate surface area is 210 Å². The van der Waals surface area contributed by atoms with Crippen molar-refractivity contribution in [1.82, 2.24) is 5.32 Å². The number of hydrogen-bond acceptors (Lipinski definition) is 6. The predicted molar refractivity (Wildman–Crippen MR) is 141 cm³/mol. The van der Waals surface area contributed by atoms with E-state index in [2.05, 4.69) is 10.6 Å². The SMILES string of the molecule is CCN(c1ccccc1)S(=O)(=O)c1ccc(NC(=S)NC(=O)c2ccc(OCCOC)cc2)cc1. The summed E-state index contributed by atoms with van der Waals surface area (Å²) >= 11 is 5.23. The number of sulfonamides is 1. The van der Waals surface area contributed by atoms with Gasteiger partial charge in [-0.05, 0) is 79.8 Å². The minimum absolute atomic E-state index is 0.0884. The molecule has 0 aromatic heterocycles. The lowest BCUT2D eigenvalue weighted by Crippen LogP contribution is -2.34. The van der Waals surface area contributed by atoms with E-state index in [-0.39, 0.29) is 15.9 Å². The van der Waals surface area contributed by atoms with Crippen LogP contribution in [-0.2, 0) is 14.8 Å². The fraction of sp³-hybridized carbons (Fsp3) is 0.200. The highest BCUT2D eigenvalue weighted by Gasteiger charge is 2.23. The number of ether oxygens (including phenoxy) is 2. The largest absolute Gasteiger partial charge is 0.491 e. The van der Waals surface area contributed by atoms with Crippen molar-refractivity contribution in [3.05, 3.63) is 84.4 Å².